The Balaban J connectivity index is 2.06. The first-order chi connectivity index (χ1) is 11.4. The quantitative estimate of drug-likeness (QED) is 0.637. The van der Waals surface area contributed by atoms with Crippen LogP contribution in [-0.4, -0.2) is 4.98 Å². The van der Waals surface area contributed by atoms with Crippen LogP contribution in [0.2, 0.25) is 0 Å². The van der Waals surface area contributed by atoms with Crippen molar-refractivity contribution >= 4 is 5.57 Å². The van der Waals surface area contributed by atoms with Gasteiger partial charge in [0.05, 0.1) is 0 Å². The molecular formula is C23H29N. The third-order valence-electron chi connectivity index (χ3n) is 5.39. The first-order valence-corrected chi connectivity index (χ1v) is 9.23. The van der Waals surface area contributed by atoms with Crippen LogP contribution in [0.15, 0.2) is 30.8 Å². The lowest BCUT2D eigenvalue weighted by Gasteiger charge is -2.27. The topological polar surface area (TPSA) is 12.9 Å². The molecular weight excluding hydrogens is 290 g/mol. The van der Waals surface area contributed by atoms with Gasteiger partial charge in [-0.1, -0.05) is 58.9 Å². The van der Waals surface area contributed by atoms with E-state index in [0.29, 0.717) is 11.8 Å². The highest BCUT2D eigenvalue weighted by molar-refractivity contribution is 5.67. The molecule has 0 bridgehead atoms. The van der Waals surface area contributed by atoms with Gasteiger partial charge in [0.1, 0.15) is 0 Å². The normalized spacial score (nSPS) is 16.0. The average Bonchev–Trinajstić information content (AvgIpc) is 2.54. The summed E-state index contributed by atoms with van der Waals surface area (Å²) in [5.41, 5.74) is 10.6. The maximum atomic E-state index is 4.96. The summed E-state index contributed by atoms with van der Waals surface area (Å²) in [6, 6.07) is 9.37. The molecule has 0 spiro atoms. The predicted molar refractivity (Wildman–Crippen MR) is 104 cm³/mol. The van der Waals surface area contributed by atoms with Crippen molar-refractivity contribution in [1.82, 2.24) is 4.98 Å². The summed E-state index contributed by atoms with van der Waals surface area (Å²) < 4.78 is 0. The summed E-state index contributed by atoms with van der Waals surface area (Å²) in [4.78, 5) is 4.96. The second kappa shape index (κ2) is 6.55. The number of pyridine rings is 1. The molecule has 1 heterocycles. The van der Waals surface area contributed by atoms with Crippen LogP contribution < -0.4 is 0 Å². The van der Waals surface area contributed by atoms with Gasteiger partial charge in [-0.05, 0) is 58.7 Å². The van der Waals surface area contributed by atoms with Gasteiger partial charge in [0, 0.05) is 23.7 Å². The molecule has 1 heteroatoms. The van der Waals surface area contributed by atoms with E-state index in [1.807, 2.05) is 0 Å². The number of fused-ring (bicyclic) bond motifs is 2. The zero-order valence-electron chi connectivity index (χ0n) is 15.7. The number of rotatable bonds is 4. The highest BCUT2D eigenvalue weighted by Crippen LogP contribution is 2.38. The second-order valence-electron chi connectivity index (χ2n) is 7.52. The van der Waals surface area contributed by atoms with E-state index in [-0.39, 0.29) is 0 Å². The van der Waals surface area contributed by atoms with Crippen LogP contribution in [0.5, 0.6) is 0 Å². The molecule has 0 amide bonds. The number of aryl methyl sites for hydroxylation is 1. The molecule has 1 aromatic carbocycles. The lowest BCUT2D eigenvalue weighted by atomic mass is 9.78. The number of hydrogen-bond acceptors (Lipinski definition) is 1. The zero-order chi connectivity index (χ0) is 17.4. The molecule has 1 aliphatic carbocycles. The molecule has 1 nitrogen and oxygen atoms in total. The number of hydrogen-bond donors (Lipinski definition) is 0. The fourth-order valence-corrected chi connectivity index (χ4v) is 3.87. The fraction of sp³-hybridized carbons (Fsp3) is 0.435. The standard InChI is InChI=1S/C23H29N/c1-7-8-15(4)20-13-22-16(5)21-11-18(14(2)3)9-10-19(21)12-23(22)24-17(20)6/h9-11,13-14,16H,4,7-8,12H2,1-3,5-6H3. The molecule has 2 aromatic rings. The minimum atomic E-state index is 0.406. The number of nitrogens with zero attached hydrogens (tertiary/aromatic N) is 1. The molecule has 1 unspecified atom stereocenters. The first kappa shape index (κ1) is 17.0. The molecule has 0 saturated carbocycles. The molecule has 0 saturated heterocycles. The van der Waals surface area contributed by atoms with Crippen LogP contribution in [0, 0.1) is 6.92 Å². The molecule has 0 N–H and O–H groups in total. The summed E-state index contributed by atoms with van der Waals surface area (Å²) in [6.45, 7) is 15.5. The lowest BCUT2D eigenvalue weighted by molar-refractivity contribution is 0.796. The molecule has 0 radical (unpaired) electrons. The Bertz CT molecular complexity index is 783. The number of benzene rings is 1. The Kier molecular flexibility index (Phi) is 4.62. The van der Waals surface area contributed by atoms with Crippen molar-refractivity contribution in [2.45, 2.75) is 65.7 Å². The zero-order valence-corrected chi connectivity index (χ0v) is 15.7. The molecule has 1 aliphatic rings. The minimum Gasteiger partial charge on any atom is -0.257 e. The monoisotopic (exact) mass is 319 g/mol. The molecule has 1 atom stereocenters. The second-order valence-corrected chi connectivity index (χ2v) is 7.52. The Hall–Kier alpha value is -1.89. The summed E-state index contributed by atoms with van der Waals surface area (Å²) in [5.74, 6) is 0.976. The number of allylic oxidation sites excluding steroid dienone is 1. The van der Waals surface area contributed by atoms with Gasteiger partial charge in [-0.25, -0.2) is 0 Å². The number of aromatic nitrogens is 1. The van der Waals surface area contributed by atoms with Gasteiger partial charge in [-0.3, -0.25) is 4.98 Å². The summed E-state index contributed by atoms with van der Waals surface area (Å²) in [5, 5.41) is 0. The van der Waals surface area contributed by atoms with Crippen LogP contribution in [0.4, 0.5) is 0 Å². The van der Waals surface area contributed by atoms with Crippen molar-refractivity contribution in [3.63, 3.8) is 0 Å². The Morgan fingerprint density at radius 3 is 2.67 bits per heavy atom. The largest absolute Gasteiger partial charge is 0.257 e. The minimum absolute atomic E-state index is 0.406. The van der Waals surface area contributed by atoms with E-state index < -0.39 is 0 Å². The predicted octanol–water partition coefficient (Wildman–Crippen LogP) is 6.38. The van der Waals surface area contributed by atoms with E-state index >= 15 is 0 Å². The SMILES string of the molecule is C=C(CCC)c1cc2c(nc1C)Cc1ccc(C(C)C)cc1C2C. The van der Waals surface area contributed by atoms with Crippen LogP contribution in [0.25, 0.3) is 5.57 Å². The van der Waals surface area contributed by atoms with Crippen LogP contribution in [-0.2, 0) is 6.42 Å². The van der Waals surface area contributed by atoms with Gasteiger partial charge in [0.25, 0.3) is 0 Å². The van der Waals surface area contributed by atoms with Gasteiger partial charge < -0.3 is 0 Å². The summed E-state index contributed by atoms with van der Waals surface area (Å²) in [7, 11) is 0. The van der Waals surface area contributed by atoms with E-state index in [1.54, 1.807) is 0 Å². The first-order valence-electron chi connectivity index (χ1n) is 9.23. The van der Waals surface area contributed by atoms with Crippen molar-refractivity contribution in [2.24, 2.45) is 0 Å². The fourth-order valence-electron chi connectivity index (χ4n) is 3.87. The maximum Gasteiger partial charge on any atom is 0.0489 e. The molecule has 3 rings (SSSR count). The highest BCUT2D eigenvalue weighted by Gasteiger charge is 2.25. The van der Waals surface area contributed by atoms with Crippen LogP contribution in [0.3, 0.4) is 0 Å². The third-order valence-corrected chi connectivity index (χ3v) is 5.39. The van der Waals surface area contributed by atoms with Crippen molar-refractivity contribution < 1.29 is 0 Å². The van der Waals surface area contributed by atoms with Gasteiger partial charge in [-0.15, -0.1) is 0 Å². The Morgan fingerprint density at radius 2 is 2.00 bits per heavy atom. The van der Waals surface area contributed by atoms with E-state index in [9.17, 15) is 0 Å². The molecule has 0 fully saturated rings. The maximum absolute atomic E-state index is 4.96. The van der Waals surface area contributed by atoms with E-state index in [2.05, 4.69) is 65.5 Å². The summed E-state index contributed by atoms with van der Waals surface area (Å²) >= 11 is 0. The van der Waals surface area contributed by atoms with Gasteiger partial charge in [-0.2, -0.15) is 0 Å². The summed E-state index contributed by atoms with van der Waals surface area (Å²) in [6.07, 6.45) is 3.13. The molecule has 0 aliphatic heterocycles. The van der Waals surface area contributed by atoms with Crippen molar-refractivity contribution in [2.75, 3.05) is 0 Å². The van der Waals surface area contributed by atoms with E-state index in [1.165, 1.54) is 39.1 Å². The van der Waals surface area contributed by atoms with Crippen molar-refractivity contribution in [3.05, 3.63) is 70.0 Å². The van der Waals surface area contributed by atoms with Crippen molar-refractivity contribution in [3.8, 4) is 0 Å². The highest BCUT2D eigenvalue weighted by atomic mass is 14.7. The van der Waals surface area contributed by atoms with E-state index in [0.717, 1.165) is 25.0 Å². The van der Waals surface area contributed by atoms with Gasteiger partial charge in [0.15, 0.2) is 0 Å². The van der Waals surface area contributed by atoms with Crippen LogP contribution in [0.1, 0.15) is 91.6 Å². The Morgan fingerprint density at radius 1 is 1.25 bits per heavy atom. The molecule has 1 aromatic heterocycles. The lowest BCUT2D eigenvalue weighted by Crippen LogP contribution is -2.15. The van der Waals surface area contributed by atoms with E-state index in [4.69, 9.17) is 4.98 Å². The molecule has 126 valence electrons. The smallest absolute Gasteiger partial charge is 0.0489 e. The van der Waals surface area contributed by atoms with Gasteiger partial charge >= 0.3 is 0 Å². The van der Waals surface area contributed by atoms with Gasteiger partial charge in [0.2, 0.25) is 0 Å². The van der Waals surface area contributed by atoms with Crippen molar-refractivity contribution in [1.29, 1.82) is 0 Å². The third kappa shape index (κ3) is 2.92. The van der Waals surface area contributed by atoms with Crippen LogP contribution >= 0.6 is 0 Å². The molecule has 24 heavy (non-hydrogen) atoms. The Labute approximate surface area is 146 Å². The average molecular weight is 319 g/mol.